The summed E-state index contributed by atoms with van der Waals surface area (Å²) < 4.78 is 28.1. The van der Waals surface area contributed by atoms with E-state index in [9.17, 15) is 8.42 Å². The molecule has 0 radical (unpaired) electrons. The molecule has 1 heterocycles. The van der Waals surface area contributed by atoms with Crippen molar-refractivity contribution >= 4 is 37.6 Å². The molecule has 1 N–H and O–H groups in total. The van der Waals surface area contributed by atoms with E-state index in [1.165, 1.54) is 12.1 Å². The predicted octanol–water partition coefficient (Wildman–Crippen LogP) is 2.87. The second-order valence-electron chi connectivity index (χ2n) is 4.93. The third-order valence-electron chi connectivity index (χ3n) is 3.48. The van der Waals surface area contributed by atoms with Gasteiger partial charge in [0, 0.05) is 17.1 Å². The molecule has 1 aliphatic rings. The van der Waals surface area contributed by atoms with Crippen molar-refractivity contribution in [2.24, 2.45) is 0 Å². The SMILES string of the molecule is CCN1CCCC(NS(=O)(=O)c2ccc(Cl)c(Br)c2)C1. The Labute approximate surface area is 133 Å². The first-order valence-corrected chi connectivity index (χ1v) is 9.27. The fraction of sp³-hybridized carbons (Fsp3) is 0.538. The summed E-state index contributed by atoms with van der Waals surface area (Å²) in [5.74, 6) is 0. The van der Waals surface area contributed by atoms with Crippen LogP contribution < -0.4 is 4.72 Å². The first-order chi connectivity index (χ1) is 9.42. The highest BCUT2D eigenvalue weighted by atomic mass is 79.9. The van der Waals surface area contributed by atoms with Gasteiger partial charge in [0.15, 0.2) is 0 Å². The Morgan fingerprint density at radius 2 is 2.25 bits per heavy atom. The average molecular weight is 382 g/mol. The van der Waals surface area contributed by atoms with E-state index in [0.29, 0.717) is 9.50 Å². The van der Waals surface area contributed by atoms with Gasteiger partial charge in [-0.05, 0) is 60.1 Å². The number of hydrogen-bond acceptors (Lipinski definition) is 3. The van der Waals surface area contributed by atoms with Crippen molar-refractivity contribution < 1.29 is 8.42 Å². The summed E-state index contributed by atoms with van der Waals surface area (Å²) in [6.07, 6.45) is 1.90. The van der Waals surface area contributed by atoms with Gasteiger partial charge < -0.3 is 4.90 Å². The molecule has 1 unspecified atom stereocenters. The summed E-state index contributed by atoms with van der Waals surface area (Å²) in [5.41, 5.74) is 0. The van der Waals surface area contributed by atoms with Crippen LogP contribution in [0.25, 0.3) is 0 Å². The van der Waals surface area contributed by atoms with Crippen molar-refractivity contribution in [1.82, 2.24) is 9.62 Å². The van der Waals surface area contributed by atoms with Crippen LogP contribution in [0.2, 0.25) is 5.02 Å². The van der Waals surface area contributed by atoms with E-state index in [4.69, 9.17) is 11.6 Å². The van der Waals surface area contributed by atoms with Gasteiger partial charge >= 0.3 is 0 Å². The molecule has 1 atom stereocenters. The normalized spacial score (nSPS) is 21.1. The first kappa shape index (κ1) is 16.2. The molecule has 4 nitrogen and oxygen atoms in total. The van der Waals surface area contributed by atoms with Gasteiger partial charge in [-0.2, -0.15) is 0 Å². The number of benzene rings is 1. The highest BCUT2D eigenvalue weighted by Crippen LogP contribution is 2.25. The topological polar surface area (TPSA) is 49.4 Å². The number of piperidine rings is 1. The molecular formula is C13H18BrClN2O2S. The van der Waals surface area contributed by atoms with Gasteiger partial charge in [0.2, 0.25) is 10.0 Å². The van der Waals surface area contributed by atoms with Crippen molar-refractivity contribution in [2.75, 3.05) is 19.6 Å². The molecule has 1 saturated heterocycles. The fourth-order valence-corrected chi connectivity index (χ4v) is 4.31. The summed E-state index contributed by atoms with van der Waals surface area (Å²) >= 11 is 9.14. The lowest BCUT2D eigenvalue weighted by molar-refractivity contribution is 0.211. The van der Waals surface area contributed by atoms with Crippen molar-refractivity contribution in [3.8, 4) is 0 Å². The Balaban J connectivity index is 2.12. The third kappa shape index (κ3) is 3.95. The summed E-state index contributed by atoms with van der Waals surface area (Å²) in [5, 5.41) is 0.499. The van der Waals surface area contributed by atoms with Crippen LogP contribution >= 0.6 is 27.5 Å². The number of halogens is 2. The molecular weight excluding hydrogens is 364 g/mol. The predicted molar refractivity (Wildman–Crippen MR) is 84.6 cm³/mol. The molecule has 2 rings (SSSR count). The standard InChI is InChI=1S/C13H18BrClN2O2S/c1-2-17-7-3-4-10(9-17)16-20(18,19)11-5-6-13(15)12(14)8-11/h5-6,8,10,16H,2-4,7,9H2,1H3. The molecule has 0 saturated carbocycles. The van der Waals surface area contributed by atoms with Gasteiger partial charge in [-0.25, -0.2) is 13.1 Å². The zero-order valence-electron chi connectivity index (χ0n) is 11.3. The molecule has 1 aromatic carbocycles. The molecule has 0 bridgehead atoms. The van der Waals surface area contributed by atoms with E-state index < -0.39 is 10.0 Å². The van der Waals surface area contributed by atoms with E-state index in [-0.39, 0.29) is 10.9 Å². The lowest BCUT2D eigenvalue weighted by atomic mass is 10.1. The zero-order valence-corrected chi connectivity index (χ0v) is 14.4. The number of likely N-dealkylation sites (tertiary alicyclic amines) is 1. The van der Waals surface area contributed by atoms with Crippen LogP contribution in [-0.2, 0) is 10.0 Å². The molecule has 112 valence electrons. The Bertz CT molecular complexity index is 580. The minimum atomic E-state index is -3.50. The fourth-order valence-electron chi connectivity index (χ4n) is 2.37. The van der Waals surface area contributed by atoms with E-state index >= 15 is 0 Å². The maximum absolute atomic E-state index is 12.4. The van der Waals surface area contributed by atoms with Gasteiger partial charge in [-0.3, -0.25) is 0 Å². The maximum Gasteiger partial charge on any atom is 0.240 e. The number of hydrogen-bond donors (Lipinski definition) is 1. The smallest absolute Gasteiger partial charge is 0.240 e. The van der Waals surface area contributed by atoms with Gasteiger partial charge in [0.05, 0.1) is 9.92 Å². The van der Waals surface area contributed by atoms with Crippen molar-refractivity contribution in [2.45, 2.75) is 30.7 Å². The van der Waals surface area contributed by atoms with Gasteiger partial charge in [0.1, 0.15) is 0 Å². The monoisotopic (exact) mass is 380 g/mol. The molecule has 7 heteroatoms. The molecule has 0 spiro atoms. The Morgan fingerprint density at radius 1 is 1.50 bits per heavy atom. The third-order valence-corrected chi connectivity index (χ3v) is 6.21. The zero-order chi connectivity index (χ0) is 14.8. The molecule has 20 heavy (non-hydrogen) atoms. The van der Waals surface area contributed by atoms with E-state index in [1.54, 1.807) is 6.07 Å². The maximum atomic E-state index is 12.4. The number of nitrogens with zero attached hydrogens (tertiary/aromatic N) is 1. The summed E-state index contributed by atoms with van der Waals surface area (Å²) in [7, 11) is -3.50. The second kappa shape index (κ2) is 6.75. The highest BCUT2D eigenvalue weighted by molar-refractivity contribution is 9.10. The van der Waals surface area contributed by atoms with Crippen LogP contribution in [0.15, 0.2) is 27.6 Å². The molecule has 0 amide bonds. The Kier molecular flexibility index (Phi) is 5.48. The minimum Gasteiger partial charge on any atom is -0.302 e. The lowest BCUT2D eigenvalue weighted by Crippen LogP contribution is -2.47. The minimum absolute atomic E-state index is 0.0249. The van der Waals surface area contributed by atoms with Crippen molar-refractivity contribution in [1.29, 1.82) is 0 Å². The number of rotatable bonds is 4. The van der Waals surface area contributed by atoms with Crippen molar-refractivity contribution in [3.63, 3.8) is 0 Å². The summed E-state index contributed by atoms with van der Waals surface area (Å²) in [6.45, 7) is 4.85. The molecule has 1 aromatic rings. The number of sulfonamides is 1. The molecule has 1 aliphatic heterocycles. The van der Waals surface area contributed by atoms with Crippen LogP contribution in [0.1, 0.15) is 19.8 Å². The first-order valence-electron chi connectivity index (χ1n) is 6.62. The summed E-state index contributed by atoms with van der Waals surface area (Å²) in [6, 6.07) is 4.61. The van der Waals surface area contributed by atoms with Crippen LogP contribution in [0, 0.1) is 0 Å². The molecule has 0 aromatic heterocycles. The van der Waals surface area contributed by atoms with Gasteiger partial charge in [-0.15, -0.1) is 0 Å². The van der Waals surface area contributed by atoms with Crippen LogP contribution in [0.3, 0.4) is 0 Å². The Hall–Kier alpha value is -0.140. The summed E-state index contributed by atoms with van der Waals surface area (Å²) in [4.78, 5) is 2.50. The average Bonchev–Trinajstić information content (AvgIpc) is 2.41. The Morgan fingerprint density at radius 3 is 2.90 bits per heavy atom. The second-order valence-corrected chi connectivity index (χ2v) is 7.91. The number of nitrogens with one attached hydrogen (secondary N) is 1. The van der Waals surface area contributed by atoms with Crippen LogP contribution in [0.4, 0.5) is 0 Å². The van der Waals surface area contributed by atoms with Gasteiger partial charge in [0.25, 0.3) is 0 Å². The van der Waals surface area contributed by atoms with E-state index in [0.717, 1.165) is 32.5 Å². The largest absolute Gasteiger partial charge is 0.302 e. The lowest BCUT2D eigenvalue weighted by Gasteiger charge is -2.32. The highest BCUT2D eigenvalue weighted by Gasteiger charge is 2.24. The van der Waals surface area contributed by atoms with E-state index in [1.807, 2.05) is 0 Å². The molecule has 1 fully saturated rings. The van der Waals surface area contributed by atoms with Crippen molar-refractivity contribution in [3.05, 3.63) is 27.7 Å². The van der Waals surface area contributed by atoms with Crippen LogP contribution in [-0.4, -0.2) is 39.0 Å². The number of likely N-dealkylation sites (N-methyl/N-ethyl adjacent to an activating group) is 1. The van der Waals surface area contributed by atoms with E-state index in [2.05, 4.69) is 32.5 Å². The quantitative estimate of drug-likeness (QED) is 0.872. The van der Waals surface area contributed by atoms with Gasteiger partial charge in [-0.1, -0.05) is 18.5 Å². The molecule has 0 aliphatic carbocycles. The van der Waals surface area contributed by atoms with Crippen LogP contribution in [0.5, 0.6) is 0 Å².